The zero-order chi connectivity index (χ0) is 18.4. The van der Waals surface area contributed by atoms with Gasteiger partial charge in [-0.15, -0.1) is 4.83 Å². The van der Waals surface area contributed by atoms with Gasteiger partial charge in [0.2, 0.25) is 0 Å². The van der Waals surface area contributed by atoms with Gasteiger partial charge in [-0.25, -0.2) is 13.4 Å². The number of nitrogens with one attached hydrogen (secondary N) is 1. The third-order valence-corrected chi connectivity index (χ3v) is 5.49. The van der Waals surface area contributed by atoms with Crippen molar-refractivity contribution in [1.29, 1.82) is 0 Å². The fraction of sp³-hybridized carbons (Fsp3) is 0.471. The van der Waals surface area contributed by atoms with Gasteiger partial charge in [0.25, 0.3) is 15.9 Å². The Kier molecular flexibility index (Phi) is 6.57. The molecule has 2 rings (SSSR count). The number of nitrogens with zero attached hydrogens (tertiary/aromatic N) is 2. The van der Waals surface area contributed by atoms with Crippen LogP contribution in [-0.4, -0.2) is 57.5 Å². The average molecular weight is 367 g/mol. The summed E-state index contributed by atoms with van der Waals surface area (Å²) in [6.07, 6.45) is 2.51. The lowest BCUT2D eigenvalue weighted by Gasteiger charge is -2.29. The summed E-state index contributed by atoms with van der Waals surface area (Å²) in [6, 6.07) is 6.17. The fourth-order valence-electron chi connectivity index (χ4n) is 2.67. The normalized spacial score (nSPS) is 15.6. The van der Waals surface area contributed by atoms with Crippen molar-refractivity contribution in [2.75, 3.05) is 33.3 Å². The Morgan fingerprint density at radius 1 is 1.24 bits per heavy atom. The van der Waals surface area contributed by atoms with Gasteiger partial charge in [-0.2, -0.15) is 0 Å². The van der Waals surface area contributed by atoms with Gasteiger partial charge in [-0.05, 0) is 44.5 Å². The van der Waals surface area contributed by atoms with Crippen molar-refractivity contribution in [2.24, 2.45) is 0 Å². The molecule has 1 aliphatic rings. The molecule has 0 aliphatic carbocycles. The zero-order valence-electron chi connectivity index (χ0n) is 14.9. The zero-order valence-corrected chi connectivity index (χ0v) is 15.7. The molecule has 1 amide bonds. The van der Waals surface area contributed by atoms with Crippen LogP contribution >= 0.6 is 0 Å². The molecule has 1 heterocycles. The van der Waals surface area contributed by atoms with Gasteiger partial charge in [0.15, 0.2) is 0 Å². The van der Waals surface area contributed by atoms with E-state index in [9.17, 15) is 13.2 Å². The molecule has 0 spiro atoms. The van der Waals surface area contributed by atoms with Crippen molar-refractivity contribution in [3.8, 4) is 5.75 Å². The number of likely N-dealkylation sites (N-methyl/N-ethyl adjacent to an activating group) is 1. The summed E-state index contributed by atoms with van der Waals surface area (Å²) in [6.45, 7) is 5.88. The lowest BCUT2D eigenvalue weighted by atomic mass is 10.1. The molecular weight excluding hydrogens is 342 g/mol. The predicted octanol–water partition coefficient (Wildman–Crippen LogP) is 1.39. The summed E-state index contributed by atoms with van der Waals surface area (Å²) in [5.41, 5.74) is 0.618. The largest absolute Gasteiger partial charge is 0.497 e. The summed E-state index contributed by atoms with van der Waals surface area (Å²) in [5, 5.41) is 1.57. The predicted molar refractivity (Wildman–Crippen MR) is 95.5 cm³/mol. The lowest BCUT2D eigenvalue weighted by Crippen LogP contribution is -2.47. The molecule has 0 atom stereocenters. The molecule has 0 radical (unpaired) electrons. The minimum absolute atomic E-state index is 0.0432. The van der Waals surface area contributed by atoms with Crippen molar-refractivity contribution < 1.29 is 17.9 Å². The van der Waals surface area contributed by atoms with Crippen LogP contribution in [0.1, 0.15) is 20.3 Å². The topological polar surface area (TPSA) is 79.0 Å². The quantitative estimate of drug-likeness (QED) is 0.788. The summed E-state index contributed by atoms with van der Waals surface area (Å²) in [5.74, 6) is 0.547. The number of hydrogen-bond acceptors (Lipinski definition) is 5. The van der Waals surface area contributed by atoms with E-state index in [0.29, 0.717) is 37.4 Å². The van der Waals surface area contributed by atoms with E-state index >= 15 is 0 Å². The highest BCUT2D eigenvalue weighted by Gasteiger charge is 2.25. The standard InChI is InChI=1S/C17H25N3O4S/c1-4-19(5-2)17(21)14-7-6-12-20(13-14)18-25(22,23)16-10-8-15(24-3)9-11-16/h7-11,18H,4-6,12-13H2,1-3H3. The van der Waals surface area contributed by atoms with E-state index in [1.165, 1.54) is 19.2 Å². The Hall–Kier alpha value is -1.90. The number of carbonyl (C=O) groups excluding carboxylic acids is 1. The van der Waals surface area contributed by atoms with E-state index in [-0.39, 0.29) is 17.3 Å². The number of ether oxygens (including phenoxy) is 1. The van der Waals surface area contributed by atoms with E-state index < -0.39 is 10.0 Å². The Morgan fingerprint density at radius 3 is 2.44 bits per heavy atom. The van der Waals surface area contributed by atoms with E-state index in [2.05, 4.69) is 4.83 Å². The first-order chi connectivity index (χ1) is 11.9. The Balaban J connectivity index is 2.07. The average Bonchev–Trinajstić information content (AvgIpc) is 2.62. The van der Waals surface area contributed by atoms with Gasteiger partial charge in [-0.3, -0.25) is 4.79 Å². The van der Waals surface area contributed by atoms with Crippen LogP contribution in [0.2, 0.25) is 0 Å². The Labute approximate surface area is 149 Å². The van der Waals surface area contributed by atoms with Crippen LogP contribution in [0.3, 0.4) is 0 Å². The Bertz CT molecular complexity index is 725. The van der Waals surface area contributed by atoms with Crippen molar-refractivity contribution in [1.82, 2.24) is 14.7 Å². The number of sulfonamides is 1. The number of amides is 1. The van der Waals surface area contributed by atoms with Gasteiger partial charge in [0, 0.05) is 31.8 Å². The highest BCUT2D eigenvalue weighted by atomic mass is 32.2. The molecule has 0 unspecified atom stereocenters. The maximum absolute atomic E-state index is 12.5. The molecule has 1 N–H and O–H groups in total. The van der Waals surface area contributed by atoms with Crippen molar-refractivity contribution in [3.63, 3.8) is 0 Å². The molecule has 0 saturated heterocycles. The number of hydrazine groups is 1. The number of rotatable bonds is 7. The molecule has 0 bridgehead atoms. The van der Waals surface area contributed by atoms with Crippen LogP contribution < -0.4 is 9.57 Å². The maximum Gasteiger partial charge on any atom is 0.253 e. The lowest BCUT2D eigenvalue weighted by molar-refractivity contribution is -0.127. The number of carbonyl (C=O) groups is 1. The van der Waals surface area contributed by atoms with Crippen LogP contribution in [0.4, 0.5) is 0 Å². The summed E-state index contributed by atoms with van der Waals surface area (Å²) < 4.78 is 30.1. The molecule has 25 heavy (non-hydrogen) atoms. The minimum Gasteiger partial charge on any atom is -0.497 e. The van der Waals surface area contributed by atoms with Gasteiger partial charge in [0.05, 0.1) is 12.0 Å². The van der Waals surface area contributed by atoms with Crippen molar-refractivity contribution in [3.05, 3.63) is 35.9 Å². The minimum atomic E-state index is -3.70. The molecule has 1 aliphatic heterocycles. The molecule has 1 aromatic carbocycles. The van der Waals surface area contributed by atoms with Crippen molar-refractivity contribution in [2.45, 2.75) is 25.2 Å². The van der Waals surface area contributed by atoms with Crippen molar-refractivity contribution >= 4 is 15.9 Å². The highest BCUT2D eigenvalue weighted by Crippen LogP contribution is 2.17. The molecular formula is C17H25N3O4S. The molecule has 0 fully saturated rings. The molecule has 0 aromatic heterocycles. The van der Waals surface area contributed by atoms with Gasteiger partial charge in [-0.1, -0.05) is 6.08 Å². The van der Waals surface area contributed by atoms with Crippen LogP contribution in [0.15, 0.2) is 40.8 Å². The first-order valence-electron chi connectivity index (χ1n) is 8.31. The van der Waals surface area contributed by atoms with Crippen LogP contribution in [-0.2, 0) is 14.8 Å². The summed E-state index contributed by atoms with van der Waals surface area (Å²) in [4.78, 5) is 16.9. The monoisotopic (exact) mass is 367 g/mol. The first-order valence-corrected chi connectivity index (χ1v) is 9.79. The summed E-state index contributed by atoms with van der Waals surface area (Å²) in [7, 11) is -2.17. The van der Waals surface area contributed by atoms with Gasteiger partial charge in [0.1, 0.15) is 5.75 Å². The fourth-order valence-corrected chi connectivity index (χ4v) is 3.76. The van der Waals surface area contributed by atoms with E-state index in [0.717, 1.165) is 0 Å². The third-order valence-electron chi connectivity index (χ3n) is 4.10. The second-order valence-corrected chi connectivity index (χ2v) is 7.35. The van der Waals surface area contributed by atoms with E-state index in [1.54, 1.807) is 22.0 Å². The second-order valence-electron chi connectivity index (χ2n) is 5.69. The van der Waals surface area contributed by atoms with Crippen LogP contribution in [0, 0.1) is 0 Å². The van der Waals surface area contributed by atoms with E-state index in [4.69, 9.17) is 4.74 Å². The second kappa shape index (κ2) is 8.46. The number of methoxy groups -OCH3 is 1. The van der Waals surface area contributed by atoms with E-state index in [1.807, 2.05) is 19.9 Å². The van der Waals surface area contributed by atoms with Crippen LogP contribution in [0.25, 0.3) is 0 Å². The highest BCUT2D eigenvalue weighted by molar-refractivity contribution is 7.89. The Morgan fingerprint density at radius 2 is 1.88 bits per heavy atom. The third kappa shape index (κ3) is 4.81. The van der Waals surface area contributed by atoms with Gasteiger partial charge < -0.3 is 9.64 Å². The SMILES string of the molecule is CCN(CC)C(=O)C1=CCCN(NS(=O)(=O)c2ccc(OC)cc2)C1. The first kappa shape index (κ1) is 19.4. The molecule has 138 valence electrons. The molecule has 7 nitrogen and oxygen atoms in total. The smallest absolute Gasteiger partial charge is 0.253 e. The molecule has 0 saturated carbocycles. The molecule has 1 aromatic rings. The number of benzene rings is 1. The van der Waals surface area contributed by atoms with Gasteiger partial charge >= 0.3 is 0 Å². The summed E-state index contributed by atoms with van der Waals surface area (Å²) >= 11 is 0. The van der Waals surface area contributed by atoms with Crippen LogP contribution in [0.5, 0.6) is 5.75 Å². The molecule has 8 heteroatoms. The maximum atomic E-state index is 12.5. The number of hydrogen-bond donors (Lipinski definition) is 1.